The molecule has 0 aromatic heterocycles. The van der Waals surface area contributed by atoms with Crippen molar-refractivity contribution in [2.75, 3.05) is 7.05 Å². The first-order chi connectivity index (χ1) is 9.52. The van der Waals surface area contributed by atoms with Crippen LogP contribution < -0.4 is 5.32 Å². The summed E-state index contributed by atoms with van der Waals surface area (Å²) in [5.41, 5.74) is 1.67. The van der Waals surface area contributed by atoms with Gasteiger partial charge in [0.1, 0.15) is 5.82 Å². The normalized spacial score (nSPS) is 12.4. The van der Waals surface area contributed by atoms with Gasteiger partial charge in [0.15, 0.2) is 0 Å². The van der Waals surface area contributed by atoms with E-state index >= 15 is 0 Å². The number of rotatable bonds is 4. The molecule has 0 radical (unpaired) electrons. The van der Waals surface area contributed by atoms with Crippen LogP contribution in [-0.2, 0) is 6.42 Å². The minimum Gasteiger partial charge on any atom is -0.313 e. The highest BCUT2D eigenvalue weighted by Crippen LogP contribution is 2.29. The molecule has 0 bridgehead atoms. The number of hydrogen-bond acceptors (Lipinski definition) is 1. The summed E-state index contributed by atoms with van der Waals surface area (Å²) in [6, 6.07) is 10.9. The van der Waals surface area contributed by atoms with E-state index in [9.17, 15) is 4.39 Å². The fourth-order valence-corrected chi connectivity index (χ4v) is 3.41. The Kier molecular flexibility index (Phi) is 5.84. The molecule has 5 heteroatoms. The molecule has 0 saturated carbocycles. The zero-order chi connectivity index (χ0) is 14.7. The highest BCUT2D eigenvalue weighted by atomic mass is 127. The highest BCUT2D eigenvalue weighted by molar-refractivity contribution is 14.1. The summed E-state index contributed by atoms with van der Waals surface area (Å²) in [6.07, 6.45) is 0.508. The summed E-state index contributed by atoms with van der Waals surface area (Å²) in [7, 11) is 1.87. The minimum atomic E-state index is -0.261. The maximum Gasteiger partial charge on any atom is 0.127 e. The SMILES string of the molecule is CNC(Cc1c(F)cccc1Cl)c1cc(Br)ccc1I. The average molecular weight is 469 g/mol. The van der Waals surface area contributed by atoms with Crippen LogP contribution in [-0.4, -0.2) is 7.05 Å². The molecule has 2 aromatic rings. The van der Waals surface area contributed by atoms with E-state index in [1.165, 1.54) is 6.07 Å². The van der Waals surface area contributed by atoms with Gasteiger partial charge in [-0.1, -0.05) is 33.6 Å². The topological polar surface area (TPSA) is 12.0 Å². The highest BCUT2D eigenvalue weighted by Gasteiger charge is 2.17. The fraction of sp³-hybridized carbons (Fsp3) is 0.200. The Bertz CT molecular complexity index is 601. The van der Waals surface area contributed by atoms with Gasteiger partial charge in [0, 0.05) is 24.7 Å². The van der Waals surface area contributed by atoms with E-state index in [0.717, 1.165) is 13.6 Å². The van der Waals surface area contributed by atoms with E-state index in [0.29, 0.717) is 17.0 Å². The third-order valence-corrected chi connectivity index (χ3v) is 4.98. The van der Waals surface area contributed by atoms with Crippen molar-refractivity contribution in [2.45, 2.75) is 12.5 Å². The second-order valence-corrected chi connectivity index (χ2v) is 6.90. The lowest BCUT2D eigenvalue weighted by Gasteiger charge is -2.19. The number of halogens is 4. The molecule has 2 rings (SSSR count). The van der Waals surface area contributed by atoms with E-state index in [1.54, 1.807) is 12.1 Å². The van der Waals surface area contributed by atoms with E-state index in [4.69, 9.17) is 11.6 Å². The minimum absolute atomic E-state index is 0.00815. The van der Waals surface area contributed by atoms with Crippen molar-refractivity contribution < 1.29 is 4.39 Å². The largest absolute Gasteiger partial charge is 0.313 e. The van der Waals surface area contributed by atoms with Crippen LogP contribution in [0.2, 0.25) is 5.02 Å². The molecule has 0 fully saturated rings. The Morgan fingerprint density at radius 1 is 1.35 bits per heavy atom. The van der Waals surface area contributed by atoms with Crippen molar-refractivity contribution >= 4 is 50.1 Å². The molecule has 0 aliphatic heterocycles. The van der Waals surface area contributed by atoms with Crippen molar-refractivity contribution in [2.24, 2.45) is 0 Å². The van der Waals surface area contributed by atoms with Crippen LogP contribution in [0.15, 0.2) is 40.9 Å². The molecular formula is C15H13BrClFIN. The van der Waals surface area contributed by atoms with E-state index in [2.05, 4.69) is 49.9 Å². The standard InChI is InChI=1S/C15H13BrClFIN/c1-20-15(11-7-9(16)5-6-14(11)19)8-10-12(17)3-2-4-13(10)18/h2-7,15,20H,8H2,1H3. The second kappa shape index (κ2) is 7.20. The molecule has 106 valence electrons. The quantitative estimate of drug-likeness (QED) is 0.597. The molecule has 1 N–H and O–H groups in total. The van der Waals surface area contributed by atoms with Gasteiger partial charge in [-0.15, -0.1) is 0 Å². The van der Waals surface area contributed by atoms with Gasteiger partial charge in [-0.25, -0.2) is 4.39 Å². The van der Waals surface area contributed by atoms with E-state index in [1.807, 2.05) is 19.2 Å². The summed E-state index contributed by atoms with van der Waals surface area (Å²) in [6.45, 7) is 0. The van der Waals surface area contributed by atoms with Crippen LogP contribution in [0, 0.1) is 9.39 Å². The van der Waals surface area contributed by atoms with Gasteiger partial charge in [0.2, 0.25) is 0 Å². The first-order valence-corrected chi connectivity index (χ1v) is 8.33. The van der Waals surface area contributed by atoms with Crippen molar-refractivity contribution in [1.29, 1.82) is 0 Å². The summed E-state index contributed by atoms with van der Waals surface area (Å²) in [5.74, 6) is -0.261. The smallest absolute Gasteiger partial charge is 0.127 e. The molecule has 20 heavy (non-hydrogen) atoms. The van der Waals surface area contributed by atoms with Crippen LogP contribution in [0.1, 0.15) is 17.2 Å². The molecule has 0 amide bonds. The van der Waals surface area contributed by atoms with Crippen LogP contribution in [0.25, 0.3) is 0 Å². The number of nitrogens with one attached hydrogen (secondary N) is 1. The zero-order valence-corrected chi connectivity index (χ0v) is 15.3. The molecule has 2 aromatic carbocycles. The van der Waals surface area contributed by atoms with E-state index in [-0.39, 0.29) is 11.9 Å². The van der Waals surface area contributed by atoms with Crippen molar-refractivity contribution in [3.8, 4) is 0 Å². The Morgan fingerprint density at radius 3 is 2.75 bits per heavy atom. The maximum absolute atomic E-state index is 13.9. The third kappa shape index (κ3) is 3.72. The summed E-state index contributed by atoms with van der Waals surface area (Å²) < 4.78 is 16.1. The third-order valence-electron chi connectivity index (χ3n) is 3.15. The van der Waals surface area contributed by atoms with Gasteiger partial charge in [-0.05, 0) is 72.0 Å². The Labute approximate surface area is 145 Å². The van der Waals surface area contributed by atoms with Crippen molar-refractivity contribution in [3.63, 3.8) is 0 Å². The van der Waals surface area contributed by atoms with Crippen LogP contribution in [0.4, 0.5) is 4.39 Å². The van der Waals surface area contributed by atoms with Crippen LogP contribution in [0.5, 0.6) is 0 Å². The molecule has 0 saturated heterocycles. The molecule has 0 spiro atoms. The molecular weight excluding hydrogens is 455 g/mol. The van der Waals surface area contributed by atoms with Gasteiger partial charge in [0.05, 0.1) is 0 Å². The molecule has 1 unspecified atom stereocenters. The van der Waals surface area contributed by atoms with E-state index < -0.39 is 0 Å². The molecule has 1 atom stereocenters. The summed E-state index contributed by atoms with van der Waals surface area (Å²) >= 11 is 11.9. The van der Waals surface area contributed by atoms with Crippen molar-refractivity contribution in [1.82, 2.24) is 5.32 Å². The average Bonchev–Trinajstić information content (AvgIpc) is 2.42. The first-order valence-electron chi connectivity index (χ1n) is 6.08. The van der Waals surface area contributed by atoms with Crippen LogP contribution in [0.3, 0.4) is 0 Å². The molecule has 0 heterocycles. The Balaban J connectivity index is 2.36. The summed E-state index contributed by atoms with van der Waals surface area (Å²) in [4.78, 5) is 0. The van der Waals surface area contributed by atoms with Crippen LogP contribution >= 0.6 is 50.1 Å². The lowest BCUT2D eigenvalue weighted by molar-refractivity contribution is 0.553. The lowest BCUT2D eigenvalue weighted by atomic mass is 9.98. The van der Waals surface area contributed by atoms with Crippen molar-refractivity contribution in [3.05, 3.63) is 66.4 Å². The Hall–Kier alpha value is -0.170. The first kappa shape index (κ1) is 16.2. The monoisotopic (exact) mass is 467 g/mol. The fourth-order valence-electron chi connectivity index (χ4n) is 2.08. The number of hydrogen-bond donors (Lipinski definition) is 1. The van der Waals surface area contributed by atoms with Gasteiger partial charge in [-0.2, -0.15) is 0 Å². The molecule has 0 aliphatic rings. The predicted octanol–water partition coefficient (Wildman–Crippen LogP) is 5.35. The zero-order valence-electron chi connectivity index (χ0n) is 10.8. The van der Waals surface area contributed by atoms with Gasteiger partial charge >= 0.3 is 0 Å². The van der Waals surface area contributed by atoms with Gasteiger partial charge in [0.25, 0.3) is 0 Å². The molecule has 1 nitrogen and oxygen atoms in total. The van der Waals surface area contributed by atoms with Gasteiger partial charge < -0.3 is 5.32 Å². The number of likely N-dealkylation sites (N-methyl/N-ethyl adjacent to an activating group) is 1. The predicted molar refractivity (Wildman–Crippen MR) is 93.8 cm³/mol. The number of benzene rings is 2. The second-order valence-electron chi connectivity index (χ2n) is 4.41. The summed E-state index contributed by atoms with van der Waals surface area (Å²) in [5, 5.41) is 3.71. The maximum atomic E-state index is 13.9. The Morgan fingerprint density at radius 2 is 2.10 bits per heavy atom. The lowest BCUT2D eigenvalue weighted by Crippen LogP contribution is -2.20. The molecule has 0 aliphatic carbocycles. The van der Waals surface area contributed by atoms with Gasteiger partial charge in [-0.3, -0.25) is 0 Å².